The van der Waals surface area contributed by atoms with E-state index in [1.807, 2.05) is 29.2 Å². The van der Waals surface area contributed by atoms with Crippen LogP contribution in [-0.2, 0) is 16.0 Å². The molecule has 230 valence electrons. The number of nitrogens with zero attached hydrogens (tertiary/aromatic N) is 2. The van der Waals surface area contributed by atoms with E-state index in [1.165, 1.54) is 5.56 Å². The van der Waals surface area contributed by atoms with Crippen LogP contribution in [0.15, 0.2) is 48.5 Å². The number of hydrogen-bond acceptors (Lipinski definition) is 6. The fourth-order valence-electron chi connectivity index (χ4n) is 5.89. The molecule has 2 aromatic rings. The summed E-state index contributed by atoms with van der Waals surface area (Å²) in [5.41, 5.74) is 1.81. The van der Waals surface area contributed by atoms with Gasteiger partial charge in [-0.2, -0.15) is 0 Å². The zero-order valence-corrected chi connectivity index (χ0v) is 25.8. The molecule has 4 rings (SSSR count). The molecule has 2 aliphatic rings. The fraction of sp³-hybridized carbons (Fsp3) is 0.588. The lowest BCUT2D eigenvalue weighted by molar-refractivity contribution is -0.131. The summed E-state index contributed by atoms with van der Waals surface area (Å²) in [5.74, 6) is 1.46. The molecule has 8 nitrogen and oxygen atoms in total. The van der Waals surface area contributed by atoms with Gasteiger partial charge in [-0.25, -0.2) is 0 Å². The van der Waals surface area contributed by atoms with Crippen LogP contribution in [0.2, 0.25) is 0 Å². The Morgan fingerprint density at radius 3 is 2.36 bits per heavy atom. The Bertz CT molecular complexity index is 1130. The maximum Gasteiger partial charge on any atom is 0.254 e. The second-order valence-electron chi connectivity index (χ2n) is 11.8. The predicted molar refractivity (Wildman–Crippen MR) is 165 cm³/mol. The Labute approximate surface area is 251 Å². The first-order valence-corrected chi connectivity index (χ1v) is 15.6. The van der Waals surface area contributed by atoms with Gasteiger partial charge in [0, 0.05) is 69.4 Å². The van der Waals surface area contributed by atoms with Crippen molar-refractivity contribution >= 4 is 11.8 Å². The van der Waals surface area contributed by atoms with Crippen LogP contribution in [0.25, 0.3) is 0 Å². The largest absolute Gasteiger partial charge is 0.493 e. The van der Waals surface area contributed by atoms with E-state index in [0.29, 0.717) is 48.8 Å². The molecule has 2 unspecified atom stereocenters. The van der Waals surface area contributed by atoms with Crippen LogP contribution in [0, 0.1) is 0 Å². The number of ether oxygens (including phenoxy) is 3. The highest BCUT2D eigenvalue weighted by Gasteiger charge is 2.34. The number of piperidine rings is 1. The van der Waals surface area contributed by atoms with Crippen molar-refractivity contribution in [3.63, 3.8) is 0 Å². The smallest absolute Gasteiger partial charge is 0.254 e. The summed E-state index contributed by atoms with van der Waals surface area (Å²) in [5, 5.41) is 3.70. The maximum absolute atomic E-state index is 13.8. The van der Waals surface area contributed by atoms with E-state index in [-0.39, 0.29) is 23.9 Å². The van der Waals surface area contributed by atoms with Crippen molar-refractivity contribution in [3.8, 4) is 11.5 Å². The molecule has 2 amide bonds. The monoisotopic (exact) mass is 579 g/mol. The molecule has 1 aliphatic carbocycles. The third-order valence-electron chi connectivity index (χ3n) is 8.33. The molecule has 1 heterocycles. The first kappa shape index (κ1) is 31.8. The normalized spacial score (nSPS) is 18.5. The molecule has 2 aromatic carbocycles. The van der Waals surface area contributed by atoms with Gasteiger partial charge in [-0.05, 0) is 76.1 Å². The minimum absolute atomic E-state index is 0.00330. The van der Waals surface area contributed by atoms with Crippen molar-refractivity contribution in [3.05, 3.63) is 59.7 Å². The second kappa shape index (κ2) is 15.9. The molecule has 0 aromatic heterocycles. The van der Waals surface area contributed by atoms with Gasteiger partial charge in [0.05, 0.1) is 13.7 Å². The fourth-order valence-corrected chi connectivity index (χ4v) is 5.89. The SMILES string of the molecule is COCCCOc1cc(C(=O)N(C(C)C)C2CCC(CCN(C(=O)CCc3ccccc3)C3CC3)NC2)ccc1OC. The number of carbonyl (C=O) groups excluding carboxylic acids is 2. The number of aryl methyl sites for hydroxylation is 1. The summed E-state index contributed by atoms with van der Waals surface area (Å²) in [6.45, 7) is 6.79. The van der Waals surface area contributed by atoms with E-state index in [0.717, 1.165) is 58.0 Å². The second-order valence-corrected chi connectivity index (χ2v) is 11.8. The van der Waals surface area contributed by atoms with Crippen molar-refractivity contribution < 1.29 is 23.8 Å². The number of amides is 2. The minimum Gasteiger partial charge on any atom is -0.493 e. The summed E-state index contributed by atoms with van der Waals surface area (Å²) in [7, 11) is 3.27. The van der Waals surface area contributed by atoms with E-state index in [2.05, 4.69) is 36.2 Å². The average molecular weight is 580 g/mol. The van der Waals surface area contributed by atoms with Crippen molar-refractivity contribution in [2.45, 2.75) is 89.4 Å². The van der Waals surface area contributed by atoms with Crippen LogP contribution in [0.3, 0.4) is 0 Å². The molecule has 0 spiro atoms. The highest BCUT2D eigenvalue weighted by atomic mass is 16.5. The predicted octanol–water partition coefficient (Wildman–Crippen LogP) is 5.10. The number of benzene rings is 2. The van der Waals surface area contributed by atoms with E-state index >= 15 is 0 Å². The van der Waals surface area contributed by atoms with Crippen molar-refractivity contribution in [2.24, 2.45) is 0 Å². The van der Waals surface area contributed by atoms with Gasteiger partial charge in [0.1, 0.15) is 0 Å². The summed E-state index contributed by atoms with van der Waals surface area (Å²) in [4.78, 5) is 31.0. The van der Waals surface area contributed by atoms with E-state index in [4.69, 9.17) is 14.2 Å². The molecule has 42 heavy (non-hydrogen) atoms. The number of hydrogen-bond donors (Lipinski definition) is 1. The zero-order chi connectivity index (χ0) is 29.9. The van der Waals surface area contributed by atoms with Gasteiger partial charge in [0.15, 0.2) is 11.5 Å². The summed E-state index contributed by atoms with van der Waals surface area (Å²) in [6.07, 6.45) is 7.21. The molecular weight excluding hydrogens is 530 g/mol. The number of rotatable bonds is 16. The third kappa shape index (κ3) is 8.95. The summed E-state index contributed by atoms with van der Waals surface area (Å²) >= 11 is 0. The van der Waals surface area contributed by atoms with Gasteiger partial charge in [-0.3, -0.25) is 9.59 Å². The van der Waals surface area contributed by atoms with Gasteiger partial charge >= 0.3 is 0 Å². The Balaban J connectivity index is 1.30. The summed E-state index contributed by atoms with van der Waals surface area (Å²) < 4.78 is 16.5. The molecule has 0 bridgehead atoms. The number of carbonyl (C=O) groups is 2. The van der Waals surface area contributed by atoms with Gasteiger partial charge in [-0.1, -0.05) is 30.3 Å². The van der Waals surface area contributed by atoms with Crippen molar-refractivity contribution in [2.75, 3.05) is 40.5 Å². The molecule has 0 radical (unpaired) electrons. The van der Waals surface area contributed by atoms with Crippen molar-refractivity contribution in [1.29, 1.82) is 0 Å². The lowest BCUT2D eigenvalue weighted by Crippen LogP contribution is -2.54. The molecule has 1 aliphatic heterocycles. The van der Waals surface area contributed by atoms with Crippen LogP contribution < -0.4 is 14.8 Å². The van der Waals surface area contributed by atoms with Crippen LogP contribution in [0.5, 0.6) is 11.5 Å². The zero-order valence-electron chi connectivity index (χ0n) is 25.8. The van der Waals surface area contributed by atoms with Crippen LogP contribution in [-0.4, -0.2) is 86.3 Å². The van der Waals surface area contributed by atoms with E-state index in [1.54, 1.807) is 26.4 Å². The highest BCUT2D eigenvalue weighted by Crippen LogP contribution is 2.31. The Morgan fingerprint density at radius 2 is 1.71 bits per heavy atom. The third-order valence-corrected chi connectivity index (χ3v) is 8.33. The minimum atomic E-state index is 0.00330. The van der Waals surface area contributed by atoms with Crippen LogP contribution in [0.4, 0.5) is 0 Å². The van der Waals surface area contributed by atoms with Crippen LogP contribution in [0.1, 0.15) is 74.7 Å². The van der Waals surface area contributed by atoms with Gasteiger partial charge < -0.3 is 29.3 Å². The first-order valence-electron chi connectivity index (χ1n) is 15.6. The lowest BCUT2D eigenvalue weighted by atomic mass is 9.95. The quantitative estimate of drug-likeness (QED) is 0.279. The van der Waals surface area contributed by atoms with Gasteiger partial charge in [-0.15, -0.1) is 0 Å². The molecule has 1 saturated heterocycles. The molecule has 8 heteroatoms. The molecule has 1 N–H and O–H groups in total. The van der Waals surface area contributed by atoms with E-state index < -0.39 is 0 Å². The standard InChI is InChI=1S/C34H49N3O5/c1-25(2)37(34(39)27-12-17-31(41-4)32(23-27)42-22-8-21-40-3)30-14-13-28(35-24-30)19-20-36(29-15-16-29)33(38)18-11-26-9-6-5-7-10-26/h5-7,9-10,12,17,23,25,28-30,35H,8,11,13-16,18-22,24H2,1-4H3. The Morgan fingerprint density at radius 1 is 0.952 bits per heavy atom. The molecule has 1 saturated carbocycles. The maximum atomic E-state index is 13.8. The molecule has 2 fully saturated rings. The van der Waals surface area contributed by atoms with Gasteiger partial charge in [0.2, 0.25) is 5.91 Å². The Kier molecular flexibility index (Phi) is 12.1. The topological polar surface area (TPSA) is 80.3 Å². The Hall–Kier alpha value is -3.10. The number of methoxy groups -OCH3 is 2. The van der Waals surface area contributed by atoms with E-state index in [9.17, 15) is 9.59 Å². The number of nitrogens with one attached hydrogen (secondary N) is 1. The highest BCUT2D eigenvalue weighted by molar-refractivity contribution is 5.95. The van der Waals surface area contributed by atoms with Gasteiger partial charge in [0.25, 0.3) is 5.91 Å². The molecule has 2 atom stereocenters. The average Bonchev–Trinajstić information content (AvgIpc) is 3.85. The van der Waals surface area contributed by atoms with Crippen molar-refractivity contribution in [1.82, 2.24) is 15.1 Å². The van der Waals surface area contributed by atoms with Crippen LogP contribution >= 0.6 is 0 Å². The lowest BCUT2D eigenvalue weighted by Gasteiger charge is -2.40. The molecular formula is C34H49N3O5. The first-order chi connectivity index (χ1) is 20.4. The summed E-state index contributed by atoms with van der Waals surface area (Å²) in [6, 6.07) is 16.6.